The predicted molar refractivity (Wildman–Crippen MR) is 161 cm³/mol. The molecule has 0 radical (unpaired) electrons. The molecule has 0 unspecified atom stereocenters. The van der Waals surface area contributed by atoms with E-state index in [1.807, 2.05) is 78.9 Å². The highest BCUT2D eigenvalue weighted by Crippen LogP contribution is 2.39. The first kappa shape index (κ1) is 14.0. The molecule has 2 nitrogen and oxygen atoms in total. The summed E-state index contributed by atoms with van der Waals surface area (Å²) in [4.78, 5) is 0. The van der Waals surface area contributed by atoms with Crippen LogP contribution in [0, 0.1) is 0 Å². The van der Waals surface area contributed by atoms with Crippen LogP contribution in [0.2, 0.25) is 0 Å². The first-order valence-corrected chi connectivity index (χ1v) is 12.3. The molecule has 8 aromatic rings. The summed E-state index contributed by atoms with van der Waals surface area (Å²) in [5, 5.41) is 1.90. The molecule has 0 N–H and O–H groups in total. The summed E-state index contributed by atoms with van der Waals surface area (Å²) >= 11 is 0. The molecule has 0 spiro atoms. The molecule has 0 saturated carbocycles. The van der Waals surface area contributed by atoms with Crippen LogP contribution in [0.5, 0.6) is 0 Å². The molecule has 0 saturated heterocycles. The van der Waals surface area contributed by atoms with Gasteiger partial charge in [0.05, 0.1) is 40.1 Å². The van der Waals surface area contributed by atoms with E-state index in [4.69, 9.17) is 12.3 Å². The third kappa shape index (κ3) is 3.01. The van der Waals surface area contributed by atoms with Crippen molar-refractivity contribution in [2.24, 2.45) is 0 Å². The average molecular weight is 494 g/mol. The molecule has 0 atom stereocenters. The summed E-state index contributed by atoms with van der Waals surface area (Å²) in [5.74, 6) is 0. The minimum atomic E-state index is -0.473. The standard InChI is InChI=1S/C36H24N2/c1-2-11-25(12-3-1)26-21-23-27(24-22-26)37-32-17-7-6-15-30(32)31-16-10-20-35(36(31)37)38-33-18-8-4-13-28(33)29-14-5-9-19-34(29)38/h1-24H/i1D,4D,5D,8D,9D,13D,14D,18D,19D. The molecule has 2 heterocycles. The van der Waals surface area contributed by atoms with E-state index in [0.717, 1.165) is 33.1 Å². The van der Waals surface area contributed by atoms with Gasteiger partial charge in [-0.05, 0) is 47.5 Å². The molecule has 0 aliphatic rings. The summed E-state index contributed by atoms with van der Waals surface area (Å²) in [6.07, 6.45) is 0. The summed E-state index contributed by atoms with van der Waals surface area (Å²) in [6, 6.07) is 26.0. The van der Waals surface area contributed by atoms with Crippen LogP contribution < -0.4 is 0 Å². The summed E-state index contributed by atoms with van der Waals surface area (Å²) < 4.78 is 81.0. The molecular formula is C36H24N2. The number of benzene rings is 6. The molecule has 2 aromatic heterocycles. The topological polar surface area (TPSA) is 9.86 Å². The largest absolute Gasteiger partial charge is 0.307 e. The Hall–Kier alpha value is -5.08. The summed E-state index contributed by atoms with van der Waals surface area (Å²) in [5.41, 5.74) is 5.04. The Morgan fingerprint density at radius 3 is 1.79 bits per heavy atom. The SMILES string of the molecule is [2H]c1ccc(-c2ccc(-n3c4ccccc4c4cccc(-n5c6c([2H])c([2H])c([2H])c([2H])c6c6c([2H])c([2H])c([2H])c([2H])c65)c43)cc2)cc1. The van der Waals surface area contributed by atoms with Crippen LogP contribution in [0.4, 0.5) is 0 Å². The lowest BCUT2D eigenvalue weighted by Gasteiger charge is -2.14. The van der Waals surface area contributed by atoms with E-state index in [-0.39, 0.29) is 46.0 Å². The van der Waals surface area contributed by atoms with Gasteiger partial charge in [0.2, 0.25) is 0 Å². The molecule has 0 bridgehead atoms. The van der Waals surface area contributed by atoms with Crippen LogP contribution >= 0.6 is 0 Å². The molecule has 2 heteroatoms. The Morgan fingerprint density at radius 1 is 0.421 bits per heavy atom. The van der Waals surface area contributed by atoms with Crippen molar-refractivity contribution in [1.82, 2.24) is 9.13 Å². The Morgan fingerprint density at radius 2 is 1.05 bits per heavy atom. The van der Waals surface area contributed by atoms with Crippen molar-refractivity contribution in [3.63, 3.8) is 0 Å². The van der Waals surface area contributed by atoms with Crippen LogP contribution in [0.15, 0.2) is 145 Å². The lowest BCUT2D eigenvalue weighted by atomic mass is 10.1. The van der Waals surface area contributed by atoms with Crippen LogP contribution in [0.3, 0.4) is 0 Å². The van der Waals surface area contributed by atoms with E-state index in [1.165, 1.54) is 0 Å². The number of rotatable bonds is 3. The number of hydrogen-bond acceptors (Lipinski definition) is 0. The molecule has 0 aliphatic carbocycles. The molecule has 0 amide bonds. The second-order valence-electron chi connectivity index (χ2n) is 9.14. The van der Waals surface area contributed by atoms with Crippen molar-refractivity contribution in [2.45, 2.75) is 0 Å². The van der Waals surface area contributed by atoms with Crippen LogP contribution in [0.25, 0.3) is 66.1 Å². The van der Waals surface area contributed by atoms with Gasteiger partial charge in [-0.3, -0.25) is 0 Å². The van der Waals surface area contributed by atoms with Crippen LogP contribution in [-0.2, 0) is 0 Å². The first-order chi connectivity index (χ1) is 22.6. The van der Waals surface area contributed by atoms with Crippen molar-refractivity contribution in [1.29, 1.82) is 0 Å². The van der Waals surface area contributed by atoms with Crippen LogP contribution in [0.1, 0.15) is 12.3 Å². The third-order valence-electron chi connectivity index (χ3n) is 7.12. The first-order valence-electron chi connectivity index (χ1n) is 16.8. The third-order valence-corrected chi connectivity index (χ3v) is 7.12. The highest BCUT2D eigenvalue weighted by molar-refractivity contribution is 6.15. The van der Waals surface area contributed by atoms with Crippen molar-refractivity contribution < 1.29 is 12.3 Å². The van der Waals surface area contributed by atoms with Gasteiger partial charge in [-0.1, -0.05) is 109 Å². The highest BCUT2D eigenvalue weighted by Gasteiger charge is 2.19. The van der Waals surface area contributed by atoms with Gasteiger partial charge in [0.25, 0.3) is 0 Å². The number of aromatic nitrogens is 2. The fourth-order valence-electron chi connectivity index (χ4n) is 5.49. The number of para-hydroxylation sites is 4. The highest BCUT2D eigenvalue weighted by atomic mass is 15.1. The number of hydrogen-bond donors (Lipinski definition) is 0. The zero-order chi connectivity index (χ0) is 32.9. The van der Waals surface area contributed by atoms with E-state index in [1.54, 1.807) is 16.7 Å². The summed E-state index contributed by atoms with van der Waals surface area (Å²) in [7, 11) is 0. The lowest BCUT2D eigenvalue weighted by Crippen LogP contribution is -2.00. The maximum atomic E-state index is 9.00. The van der Waals surface area contributed by atoms with Gasteiger partial charge in [-0.15, -0.1) is 0 Å². The molecule has 178 valence electrons. The summed E-state index contributed by atoms with van der Waals surface area (Å²) in [6.45, 7) is 0. The Labute approximate surface area is 233 Å². The maximum Gasteiger partial charge on any atom is 0.0782 e. The average Bonchev–Trinajstić information content (AvgIpc) is 3.63. The van der Waals surface area contributed by atoms with Gasteiger partial charge in [0.1, 0.15) is 0 Å². The van der Waals surface area contributed by atoms with Crippen molar-refractivity contribution in [2.75, 3.05) is 0 Å². The Bertz CT molecular complexity index is 2520. The van der Waals surface area contributed by atoms with E-state index in [2.05, 4.69) is 4.57 Å². The normalized spacial score (nSPS) is 15.0. The zero-order valence-electron chi connectivity index (χ0n) is 29.1. The van der Waals surface area contributed by atoms with Crippen molar-refractivity contribution in [3.05, 3.63) is 145 Å². The zero-order valence-corrected chi connectivity index (χ0v) is 20.1. The van der Waals surface area contributed by atoms with Gasteiger partial charge in [-0.25, -0.2) is 0 Å². The minimum Gasteiger partial charge on any atom is -0.307 e. The Kier molecular flexibility index (Phi) is 3.03. The smallest absolute Gasteiger partial charge is 0.0782 e. The molecule has 38 heavy (non-hydrogen) atoms. The van der Waals surface area contributed by atoms with Crippen molar-refractivity contribution in [3.8, 4) is 22.5 Å². The van der Waals surface area contributed by atoms with Gasteiger partial charge < -0.3 is 9.13 Å². The molecule has 0 aliphatic heterocycles. The molecule has 8 rings (SSSR count). The fraction of sp³-hybridized carbons (Fsp3) is 0. The molecular weight excluding hydrogens is 460 g/mol. The van der Waals surface area contributed by atoms with E-state index in [9.17, 15) is 0 Å². The monoisotopic (exact) mass is 493 g/mol. The minimum absolute atomic E-state index is 0.0423. The Balaban J connectivity index is 1.54. The number of fused-ring (bicyclic) bond motifs is 6. The molecule has 6 aromatic carbocycles. The van der Waals surface area contributed by atoms with E-state index >= 15 is 0 Å². The van der Waals surface area contributed by atoms with Crippen molar-refractivity contribution >= 4 is 43.6 Å². The lowest BCUT2D eigenvalue weighted by molar-refractivity contribution is 1.13. The quantitative estimate of drug-likeness (QED) is 0.232. The van der Waals surface area contributed by atoms with E-state index in [0.29, 0.717) is 17.2 Å². The second-order valence-corrected chi connectivity index (χ2v) is 9.14. The van der Waals surface area contributed by atoms with Gasteiger partial charge in [0, 0.05) is 27.2 Å². The van der Waals surface area contributed by atoms with Gasteiger partial charge >= 0.3 is 0 Å². The number of nitrogens with zero attached hydrogens (tertiary/aromatic N) is 2. The van der Waals surface area contributed by atoms with Gasteiger partial charge in [-0.2, -0.15) is 0 Å². The fourth-order valence-corrected chi connectivity index (χ4v) is 5.49. The second kappa shape index (κ2) is 8.22. The predicted octanol–water partition coefficient (Wildman–Crippen LogP) is 9.55. The van der Waals surface area contributed by atoms with E-state index < -0.39 is 24.2 Å². The van der Waals surface area contributed by atoms with Gasteiger partial charge in [0.15, 0.2) is 0 Å². The van der Waals surface area contributed by atoms with Crippen LogP contribution in [-0.4, -0.2) is 9.13 Å². The molecule has 0 fully saturated rings. The maximum absolute atomic E-state index is 9.00.